The number of piperazine rings is 1. The number of ether oxygens (including phenoxy) is 1. The molecule has 2 aliphatic rings. The summed E-state index contributed by atoms with van der Waals surface area (Å²) < 4.78 is 40.0. The lowest BCUT2D eigenvalue weighted by Crippen LogP contribution is -2.55. The number of halogens is 3. The summed E-state index contributed by atoms with van der Waals surface area (Å²) in [6.45, 7) is 7.52. The zero-order chi connectivity index (χ0) is 38.2. The number of aliphatic hydroxyl groups is 1. The number of aromatic nitrogens is 4. The molecule has 2 atom stereocenters. The molecular formula is C37H44ClF2N8O5+. The summed E-state index contributed by atoms with van der Waals surface area (Å²) in [5, 5.41) is 17.2. The molecule has 282 valence electrons. The fourth-order valence-electron chi connectivity index (χ4n) is 7.30. The van der Waals surface area contributed by atoms with Crippen molar-refractivity contribution in [3.05, 3.63) is 76.0 Å². The summed E-state index contributed by atoms with van der Waals surface area (Å²) in [6.07, 6.45) is 1.60. The average molecular weight is 754 g/mol. The van der Waals surface area contributed by atoms with Crippen LogP contribution in [-0.4, -0.2) is 129 Å². The molecule has 2 N–H and O–H groups in total. The Balaban J connectivity index is 1.10. The smallest absolute Gasteiger partial charge is 0.291 e. The molecule has 13 nitrogen and oxygen atoms in total. The number of nitrogens with zero attached hydrogens (tertiary/aromatic N) is 7. The quantitative estimate of drug-likeness (QED) is 0.235. The van der Waals surface area contributed by atoms with Gasteiger partial charge in [-0.3, -0.25) is 19.1 Å². The van der Waals surface area contributed by atoms with E-state index in [1.807, 2.05) is 7.05 Å². The number of nitrogens with one attached hydrogen (secondary N) is 1. The van der Waals surface area contributed by atoms with Gasteiger partial charge in [-0.2, -0.15) is 5.10 Å². The first-order valence-corrected chi connectivity index (χ1v) is 17.8. The van der Waals surface area contributed by atoms with Crippen molar-refractivity contribution in [1.82, 2.24) is 29.1 Å². The third kappa shape index (κ3) is 7.70. The molecule has 1 unspecified atom stereocenters. The van der Waals surface area contributed by atoms with Gasteiger partial charge in [-0.05, 0) is 38.1 Å². The van der Waals surface area contributed by atoms with Crippen LogP contribution in [0.5, 0.6) is 0 Å². The van der Waals surface area contributed by atoms with E-state index in [0.717, 1.165) is 6.54 Å². The van der Waals surface area contributed by atoms with E-state index in [-0.39, 0.29) is 51.1 Å². The van der Waals surface area contributed by atoms with E-state index in [0.29, 0.717) is 86.0 Å². The lowest BCUT2D eigenvalue weighted by atomic mass is 10.00. The zero-order valence-corrected chi connectivity index (χ0v) is 31.2. The number of carbonyl (C=O) groups is 3. The van der Waals surface area contributed by atoms with Crippen LogP contribution in [0.3, 0.4) is 0 Å². The minimum Gasteiger partial charge on any atom is -0.387 e. The molecule has 0 radical (unpaired) electrons. The number of likely N-dealkylation sites (N-methyl/N-ethyl adjacent to an activating group) is 1. The fraction of sp³-hybridized carbons (Fsp3) is 0.432. The second-order valence-corrected chi connectivity index (χ2v) is 14.4. The predicted molar refractivity (Wildman–Crippen MR) is 194 cm³/mol. The Kier molecular flexibility index (Phi) is 11.0. The number of carbonyl (C=O) groups excluding carboxylic acids is 3. The van der Waals surface area contributed by atoms with Crippen LogP contribution in [0.1, 0.15) is 38.8 Å². The van der Waals surface area contributed by atoms with E-state index in [4.69, 9.17) is 16.3 Å². The molecule has 0 aliphatic carbocycles. The van der Waals surface area contributed by atoms with Gasteiger partial charge in [0.15, 0.2) is 24.0 Å². The fourth-order valence-corrected chi connectivity index (χ4v) is 7.56. The summed E-state index contributed by atoms with van der Waals surface area (Å²) >= 11 is 6.53. The SMILES string of the molecule is COCCn1nc(C)c(-c2ccc(-c3cnc(C(=O)Nc4ccc(C(=O)N5CCN(C(=O)C[N+]6(C)CC[C@H](O)C6)CC5)c(Cl)c4)n3C)c(F)c2F)c1C. The van der Waals surface area contributed by atoms with Gasteiger partial charge in [0, 0.05) is 74.8 Å². The molecule has 4 aromatic rings. The Labute approximate surface area is 311 Å². The maximum atomic E-state index is 15.6. The Morgan fingerprint density at radius 2 is 1.74 bits per heavy atom. The first kappa shape index (κ1) is 38.0. The van der Waals surface area contributed by atoms with Crippen molar-refractivity contribution in [2.24, 2.45) is 7.05 Å². The summed E-state index contributed by atoms with van der Waals surface area (Å²) in [4.78, 5) is 47.2. The normalized spacial score (nSPS) is 18.8. The number of benzene rings is 2. The van der Waals surface area contributed by atoms with Crippen LogP contribution in [0.15, 0.2) is 36.5 Å². The largest absolute Gasteiger partial charge is 0.387 e. The highest BCUT2D eigenvalue weighted by Crippen LogP contribution is 2.35. The summed E-state index contributed by atoms with van der Waals surface area (Å²) in [7, 11) is 5.08. The first-order valence-electron chi connectivity index (χ1n) is 17.4. The molecule has 2 aliphatic heterocycles. The van der Waals surface area contributed by atoms with Gasteiger partial charge in [-0.15, -0.1) is 0 Å². The molecular weight excluding hydrogens is 710 g/mol. The van der Waals surface area contributed by atoms with Crippen LogP contribution in [0.2, 0.25) is 5.02 Å². The number of methoxy groups -OCH3 is 1. The van der Waals surface area contributed by atoms with Gasteiger partial charge >= 0.3 is 0 Å². The first-order chi connectivity index (χ1) is 25.2. The zero-order valence-electron chi connectivity index (χ0n) is 30.5. The summed E-state index contributed by atoms with van der Waals surface area (Å²) in [6, 6.07) is 7.47. The Morgan fingerprint density at radius 1 is 1.06 bits per heavy atom. The number of aliphatic hydroxyl groups excluding tert-OH is 1. The second-order valence-electron chi connectivity index (χ2n) is 14.0. The summed E-state index contributed by atoms with van der Waals surface area (Å²) in [5.74, 6) is -3.09. The van der Waals surface area contributed by atoms with Gasteiger partial charge in [0.1, 0.15) is 12.6 Å². The minimum absolute atomic E-state index is 0.00506. The lowest BCUT2D eigenvalue weighted by molar-refractivity contribution is -0.891. The number of likely N-dealkylation sites (tertiary alicyclic amines) is 1. The molecule has 6 rings (SSSR count). The number of rotatable bonds is 10. The third-order valence-electron chi connectivity index (χ3n) is 10.3. The minimum atomic E-state index is -1.08. The van der Waals surface area contributed by atoms with Crippen LogP contribution in [0.25, 0.3) is 22.4 Å². The van der Waals surface area contributed by atoms with Gasteiger partial charge in [-0.1, -0.05) is 17.7 Å². The predicted octanol–water partition coefficient (Wildman–Crippen LogP) is 3.89. The number of quaternary nitrogens is 1. The topological polar surface area (TPSA) is 135 Å². The molecule has 53 heavy (non-hydrogen) atoms. The third-order valence-corrected chi connectivity index (χ3v) is 10.6. The molecule has 0 bridgehead atoms. The maximum absolute atomic E-state index is 15.6. The van der Waals surface area contributed by atoms with Crippen molar-refractivity contribution in [1.29, 1.82) is 0 Å². The molecule has 0 spiro atoms. The monoisotopic (exact) mass is 753 g/mol. The highest BCUT2D eigenvalue weighted by atomic mass is 35.5. The van der Waals surface area contributed by atoms with E-state index < -0.39 is 17.5 Å². The van der Waals surface area contributed by atoms with E-state index in [9.17, 15) is 19.5 Å². The molecule has 4 heterocycles. The van der Waals surface area contributed by atoms with Crippen molar-refractivity contribution < 1.29 is 37.5 Å². The van der Waals surface area contributed by atoms with Crippen molar-refractivity contribution in [2.45, 2.75) is 32.9 Å². The number of imidazole rings is 1. The highest BCUT2D eigenvalue weighted by molar-refractivity contribution is 6.34. The number of amides is 3. The van der Waals surface area contributed by atoms with E-state index in [2.05, 4.69) is 15.4 Å². The van der Waals surface area contributed by atoms with Crippen LogP contribution in [0, 0.1) is 25.5 Å². The summed E-state index contributed by atoms with van der Waals surface area (Å²) in [5.41, 5.74) is 2.49. The standard InChI is InChI=1S/C37H43ClF2N8O5/c1-22-32(23(2)47(43-22)15-17-53-5)28-9-8-27(33(39)34(28)40)30-19-41-35(44(30)3)36(51)42-24-6-7-26(29(38)18-24)37(52)46-13-11-45(12-14-46)31(50)21-48(4)16-10-25(49)20-48/h6-9,18-19,25,49H,10-17,20-21H2,1-5H3/p+1/t25-,48?/m0/s1. The number of anilines is 1. The molecule has 2 aromatic carbocycles. The Morgan fingerprint density at radius 3 is 2.40 bits per heavy atom. The molecule has 3 amide bonds. The number of hydrogen-bond acceptors (Lipinski definition) is 7. The molecule has 2 fully saturated rings. The maximum Gasteiger partial charge on any atom is 0.291 e. The van der Waals surface area contributed by atoms with Crippen LogP contribution < -0.4 is 5.32 Å². The van der Waals surface area contributed by atoms with Crippen molar-refractivity contribution in [3.63, 3.8) is 0 Å². The number of aryl methyl sites for hydroxylation is 1. The van der Waals surface area contributed by atoms with Gasteiger partial charge in [-0.25, -0.2) is 13.8 Å². The van der Waals surface area contributed by atoms with E-state index in [1.54, 1.807) is 41.5 Å². The van der Waals surface area contributed by atoms with Gasteiger partial charge < -0.3 is 34.0 Å². The van der Waals surface area contributed by atoms with Crippen molar-refractivity contribution >= 4 is 35.0 Å². The van der Waals surface area contributed by atoms with Crippen LogP contribution in [0.4, 0.5) is 14.5 Å². The number of hydrogen-bond donors (Lipinski definition) is 2. The highest BCUT2D eigenvalue weighted by Gasteiger charge is 2.37. The van der Waals surface area contributed by atoms with Gasteiger partial charge in [0.25, 0.3) is 17.7 Å². The van der Waals surface area contributed by atoms with E-state index in [1.165, 1.54) is 42.1 Å². The van der Waals surface area contributed by atoms with Gasteiger partial charge in [0.05, 0.1) is 54.9 Å². The molecule has 16 heteroatoms. The van der Waals surface area contributed by atoms with Crippen LogP contribution in [-0.2, 0) is 23.1 Å². The van der Waals surface area contributed by atoms with E-state index >= 15 is 8.78 Å². The average Bonchev–Trinajstić information content (AvgIpc) is 3.77. The Bertz CT molecular complexity index is 2060. The van der Waals surface area contributed by atoms with Crippen molar-refractivity contribution in [3.8, 4) is 22.4 Å². The van der Waals surface area contributed by atoms with Crippen molar-refractivity contribution in [2.75, 3.05) is 71.9 Å². The Hall–Kier alpha value is -4.70. The molecule has 2 saturated heterocycles. The van der Waals surface area contributed by atoms with Gasteiger partial charge in [0.2, 0.25) is 0 Å². The van der Waals surface area contributed by atoms with Crippen LogP contribution >= 0.6 is 11.6 Å². The lowest BCUT2D eigenvalue weighted by Gasteiger charge is -2.37. The second kappa shape index (κ2) is 15.3. The molecule has 0 saturated carbocycles. The molecule has 2 aromatic heterocycles.